The van der Waals surface area contributed by atoms with Crippen molar-refractivity contribution in [3.63, 3.8) is 0 Å². The van der Waals surface area contributed by atoms with E-state index in [0.29, 0.717) is 5.41 Å². The van der Waals surface area contributed by atoms with Crippen LogP contribution in [0.5, 0.6) is 0 Å². The molecule has 0 aliphatic rings. The van der Waals surface area contributed by atoms with Crippen LogP contribution in [-0.2, 0) is 6.54 Å². The van der Waals surface area contributed by atoms with Crippen LogP contribution in [0.2, 0.25) is 0 Å². The van der Waals surface area contributed by atoms with E-state index < -0.39 is 0 Å². The van der Waals surface area contributed by atoms with Crippen LogP contribution in [0.4, 0.5) is 0 Å². The minimum Gasteiger partial charge on any atom is -0.314 e. The maximum absolute atomic E-state index is 4.23. The van der Waals surface area contributed by atoms with Gasteiger partial charge in [-0.1, -0.05) is 20.8 Å². The summed E-state index contributed by atoms with van der Waals surface area (Å²) in [5, 5.41) is 7.65. The van der Waals surface area contributed by atoms with Crippen LogP contribution in [0.3, 0.4) is 0 Å². The molecule has 3 nitrogen and oxygen atoms in total. The van der Waals surface area contributed by atoms with Crippen LogP contribution in [-0.4, -0.2) is 22.9 Å². The van der Waals surface area contributed by atoms with Gasteiger partial charge >= 0.3 is 0 Å². The molecule has 0 spiro atoms. The normalized spacial score (nSPS) is 11.2. The molecular formula is C11H22ClN3. The Bertz CT molecular complexity index is 276. The van der Waals surface area contributed by atoms with Gasteiger partial charge in [0.2, 0.25) is 0 Å². The highest BCUT2D eigenvalue weighted by atomic mass is 35.5. The van der Waals surface area contributed by atoms with E-state index in [4.69, 9.17) is 0 Å². The Labute approximate surface area is 98.7 Å². The van der Waals surface area contributed by atoms with Crippen LogP contribution < -0.4 is 5.32 Å². The molecule has 0 fully saturated rings. The quantitative estimate of drug-likeness (QED) is 0.806. The number of nitrogens with one attached hydrogen (secondary N) is 1. The third-order valence-corrected chi connectivity index (χ3v) is 1.94. The first-order valence-electron chi connectivity index (χ1n) is 5.17. The summed E-state index contributed by atoms with van der Waals surface area (Å²) in [7, 11) is 0. The van der Waals surface area contributed by atoms with Crippen molar-refractivity contribution in [1.29, 1.82) is 0 Å². The average Bonchev–Trinajstić information content (AvgIpc) is 2.44. The standard InChI is InChI=1S/C11H21N3.ClH/c1-10-7-13-14(8-10)6-5-12-9-11(2,3)4;/h7-8,12H,5-6,9H2,1-4H3;1H. The molecule has 15 heavy (non-hydrogen) atoms. The molecule has 0 atom stereocenters. The third kappa shape index (κ3) is 6.52. The van der Waals surface area contributed by atoms with Gasteiger partial charge in [-0.2, -0.15) is 5.10 Å². The number of hydrogen-bond acceptors (Lipinski definition) is 2. The van der Waals surface area contributed by atoms with E-state index in [2.05, 4.69) is 44.3 Å². The number of aryl methyl sites for hydroxylation is 1. The van der Waals surface area contributed by atoms with Crippen LogP contribution >= 0.6 is 12.4 Å². The van der Waals surface area contributed by atoms with Gasteiger partial charge < -0.3 is 5.32 Å². The second-order valence-electron chi connectivity index (χ2n) is 5.02. The van der Waals surface area contributed by atoms with Gasteiger partial charge in [0, 0.05) is 19.3 Å². The Morgan fingerprint density at radius 2 is 2.07 bits per heavy atom. The fourth-order valence-electron chi connectivity index (χ4n) is 1.25. The SMILES string of the molecule is Cc1cnn(CCNCC(C)(C)C)c1.Cl. The molecule has 1 rings (SSSR count). The molecule has 1 heterocycles. The molecule has 0 saturated carbocycles. The smallest absolute Gasteiger partial charge is 0.0534 e. The van der Waals surface area contributed by atoms with Crippen molar-refractivity contribution < 1.29 is 0 Å². The predicted octanol–water partition coefficient (Wildman–Crippen LogP) is 2.25. The maximum Gasteiger partial charge on any atom is 0.0534 e. The highest BCUT2D eigenvalue weighted by Crippen LogP contribution is 2.09. The van der Waals surface area contributed by atoms with Gasteiger partial charge in [0.05, 0.1) is 12.7 Å². The first kappa shape index (κ1) is 14.5. The van der Waals surface area contributed by atoms with Gasteiger partial charge in [-0.05, 0) is 17.9 Å². The summed E-state index contributed by atoms with van der Waals surface area (Å²) in [5.74, 6) is 0. The Morgan fingerprint density at radius 3 is 2.53 bits per heavy atom. The summed E-state index contributed by atoms with van der Waals surface area (Å²) < 4.78 is 1.98. The zero-order chi connectivity index (χ0) is 10.6. The van der Waals surface area contributed by atoms with E-state index in [-0.39, 0.29) is 12.4 Å². The van der Waals surface area contributed by atoms with E-state index in [1.807, 2.05) is 10.9 Å². The summed E-state index contributed by atoms with van der Waals surface area (Å²) in [6.07, 6.45) is 3.96. The van der Waals surface area contributed by atoms with Crippen LogP contribution in [0.1, 0.15) is 26.3 Å². The molecule has 0 bridgehead atoms. The lowest BCUT2D eigenvalue weighted by molar-refractivity contribution is 0.373. The summed E-state index contributed by atoms with van der Waals surface area (Å²) in [4.78, 5) is 0. The number of halogens is 1. The van der Waals surface area contributed by atoms with Crippen molar-refractivity contribution in [3.05, 3.63) is 18.0 Å². The molecule has 0 amide bonds. The van der Waals surface area contributed by atoms with Gasteiger partial charge in [-0.25, -0.2) is 0 Å². The Morgan fingerprint density at radius 1 is 1.40 bits per heavy atom. The van der Waals surface area contributed by atoms with Crippen molar-refractivity contribution in [2.24, 2.45) is 5.41 Å². The number of hydrogen-bond donors (Lipinski definition) is 1. The van der Waals surface area contributed by atoms with Crippen LogP contribution in [0.15, 0.2) is 12.4 Å². The van der Waals surface area contributed by atoms with Gasteiger partial charge in [-0.3, -0.25) is 4.68 Å². The molecule has 88 valence electrons. The van der Waals surface area contributed by atoms with Crippen molar-refractivity contribution >= 4 is 12.4 Å². The lowest BCUT2D eigenvalue weighted by Gasteiger charge is -2.18. The zero-order valence-corrected chi connectivity index (χ0v) is 10.9. The minimum absolute atomic E-state index is 0. The number of rotatable bonds is 4. The Kier molecular flexibility index (Phi) is 5.91. The third-order valence-electron chi connectivity index (χ3n) is 1.94. The summed E-state index contributed by atoms with van der Waals surface area (Å²) >= 11 is 0. The van der Waals surface area contributed by atoms with Crippen LogP contribution in [0, 0.1) is 12.3 Å². The van der Waals surface area contributed by atoms with Gasteiger partial charge in [-0.15, -0.1) is 12.4 Å². The Balaban J connectivity index is 0.00000196. The molecule has 1 aromatic heterocycles. The predicted molar refractivity (Wildman–Crippen MR) is 66.5 cm³/mol. The second-order valence-corrected chi connectivity index (χ2v) is 5.02. The van der Waals surface area contributed by atoms with Gasteiger partial charge in [0.1, 0.15) is 0 Å². The van der Waals surface area contributed by atoms with Crippen LogP contribution in [0.25, 0.3) is 0 Å². The average molecular weight is 232 g/mol. The van der Waals surface area contributed by atoms with E-state index in [1.165, 1.54) is 5.56 Å². The number of aromatic nitrogens is 2. The maximum atomic E-state index is 4.23. The van der Waals surface area contributed by atoms with E-state index >= 15 is 0 Å². The molecular weight excluding hydrogens is 210 g/mol. The summed E-state index contributed by atoms with van der Waals surface area (Å²) in [6, 6.07) is 0. The van der Waals surface area contributed by atoms with Gasteiger partial charge in [0.25, 0.3) is 0 Å². The van der Waals surface area contributed by atoms with Gasteiger partial charge in [0.15, 0.2) is 0 Å². The van der Waals surface area contributed by atoms with Crippen molar-refractivity contribution in [1.82, 2.24) is 15.1 Å². The highest BCUT2D eigenvalue weighted by Gasteiger charge is 2.08. The highest BCUT2D eigenvalue weighted by molar-refractivity contribution is 5.85. The monoisotopic (exact) mass is 231 g/mol. The molecule has 0 unspecified atom stereocenters. The van der Waals surface area contributed by atoms with Crippen molar-refractivity contribution in [2.45, 2.75) is 34.2 Å². The topological polar surface area (TPSA) is 29.9 Å². The fourth-order valence-corrected chi connectivity index (χ4v) is 1.25. The Hall–Kier alpha value is -0.540. The van der Waals surface area contributed by atoms with E-state index in [1.54, 1.807) is 0 Å². The lowest BCUT2D eigenvalue weighted by Crippen LogP contribution is -2.29. The largest absolute Gasteiger partial charge is 0.314 e. The summed E-state index contributed by atoms with van der Waals surface area (Å²) in [6.45, 7) is 11.7. The molecule has 0 aromatic carbocycles. The molecule has 0 aliphatic heterocycles. The molecule has 4 heteroatoms. The molecule has 0 aliphatic carbocycles. The van der Waals surface area contributed by atoms with E-state index in [9.17, 15) is 0 Å². The minimum atomic E-state index is 0. The van der Waals surface area contributed by atoms with E-state index in [0.717, 1.165) is 19.6 Å². The molecule has 0 saturated heterocycles. The van der Waals surface area contributed by atoms with Crippen molar-refractivity contribution in [3.8, 4) is 0 Å². The van der Waals surface area contributed by atoms with Crippen molar-refractivity contribution in [2.75, 3.05) is 13.1 Å². The molecule has 1 N–H and O–H groups in total. The lowest BCUT2D eigenvalue weighted by atomic mass is 9.97. The fraction of sp³-hybridized carbons (Fsp3) is 0.727. The number of nitrogens with zero attached hydrogens (tertiary/aromatic N) is 2. The summed E-state index contributed by atoms with van der Waals surface area (Å²) in [5.41, 5.74) is 1.58. The second kappa shape index (κ2) is 6.13. The first-order valence-corrected chi connectivity index (χ1v) is 5.17. The molecule has 1 aromatic rings. The first-order chi connectivity index (χ1) is 6.47. The zero-order valence-electron chi connectivity index (χ0n) is 10.1. The molecule has 0 radical (unpaired) electrons.